The number of carbonyl (C=O) groups is 1. The van der Waals surface area contributed by atoms with Crippen molar-refractivity contribution in [2.75, 3.05) is 18.9 Å². The number of benzene rings is 2. The third-order valence-electron chi connectivity index (χ3n) is 4.40. The molecule has 0 aliphatic carbocycles. The molecule has 1 amide bonds. The standard InChI is InChI=1S/C23H28N6OS.HI/c1-18(31-21-10-4-3-5-11-21)15-25-23(24-2)26-16-19-8-6-9-20(14-19)28-22(30)17-29-13-7-12-27-29;/h3-14,18H,15-17H2,1-2H3,(H,28,30)(H2,24,25,26);1H. The first-order chi connectivity index (χ1) is 15.1. The average Bonchev–Trinajstić information content (AvgIpc) is 3.27. The number of rotatable bonds is 9. The first-order valence-corrected chi connectivity index (χ1v) is 11.0. The Balaban J connectivity index is 0.00000363. The molecule has 9 heteroatoms. The van der Waals surface area contributed by atoms with Gasteiger partial charge < -0.3 is 16.0 Å². The molecule has 0 radical (unpaired) electrons. The lowest BCUT2D eigenvalue weighted by Gasteiger charge is -2.16. The number of guanidine groups is 1. The van der Waals surface area contributed by atoms with Gasteiger partial charge in [-0.25, -0.2) is 0 Å². The van der Waals surface area contributed by atoms with E-state index < -0.39 is 0 Å². The van der Waals surface area contributed by atoms with Gasteiger partial charge >= 0.3 is 0 Å². The van der Waals surface area contributed by atoms with E-state index in [1.54, 1.807) is 30.2 Å². The summed E-state index contributed by atoms with van der Waals surface area (Å²) in [4.78, 5) is 17.7. The van der Waals surface area contributed by atoms with Gasteiger partial charge in [0.2, 0.25) is 5.91 Å². The van der Waals surface area contributed by atoms with Crippen LogP contribution in [0.5, 0.6) is 0 Å². The summed E-state index contributed by atoms with van der Waals surface area (Å²) in [7, 11) is 1.76. The SMILES string of the molecule is CN=C(NCc1cccc(NC(=O)Cn2cccn2)c1)NCC(C)Sc1ccccc1.I. The smallest absolute Gasteiger partial charge is 0.246 e. The van der Waals surface area contributed by atoms with Gasteiger partial charge in [-0.15, -0.1) is 35.7 Å². The van der Waals surface area contributed by atoms with Crippen LogP contribution in [-0.4, -0.2) is 40.5 Å². The van der Waals surface area contributed by atoms with Crippen LogP contribution in [0.4, 0.5) is 5.69 Å². The van der Waals surface area contributed by atoms with Gasteiger partial charge in [-0.1, -0.05) is 37.3 Å². The van der Waals surface area contributed by atoms with E-state index in [0.717, 1.165) is 23.8 Å². The Morgan fingerprint density at radius 3 is 2.66 bits per heavy atom. The first-order valence-electron chi connectivity index (χ1n) is 10.1. The van der Waals surface area contributed by atoms with Crippen molar-refractivity contribution < 1.29 is 4.79 Å². The Morgan fingerprint density at radius 2 is 1.94 bits per heavy atom. The van der Waals surface area contributed by atoms with E-state index in [1.807, 2.05) is 42.1 Å². The van der Waals surface area contributed by atoms with Crippen LogP contribution in [0.1, 0.15) is 12.5 Å². The Morgan fingerprint density at radius 1 is 1.12 bits per heavy atom. The summed E-state index contributed by atoms with van der Waals surface area (Å²) < 4.78 is 1.59. The lowest BCUT2D eigenvalue weighted by molar-refractivity contribution is -0.116. The number of hydrogen-bond acceptors (Lipinski definition) is 4. The molecule has 1 unspecified atom stereocenters. The number of aromatic nitrogens is 2. The van der Waals surface area contributed by atoms with Crippen LogP contribution >= 0.6 is 35.7 Å². The predicted octanol–water partition coefficient (Wildman–Crippen LogP) is 3.99. The van der Waals surface area contributed by atoms with Gasteiger partial charge in [0, 0.05) is 48.4 Å². The van der Waals surface area contributed by atoms with Crippen molar-refractivity contribution in [2.24, 2.45) is 4.99 Å². The number of thioether (sulfide) groups is 1. The molecule has 0 saturated carbocycles. The van der Waals surface area contributed by atoms with Gasteiger partial charge in [-0.05, 0) is 35.9 Å². The van der Waals surface area contributed by atoms with Crippen molar-refractivity contribution in [3.05, 3.63) is 78.6 Å². The van der Waals surface area contributed by atoms with E-state index in [9.17, 15) is 4.79 Å². The molecule has 170 valence electrons. The second-order valence-electron chi connectivity index (χ2n) is 7.00. The molecule has 3 rings (SSSR count). The summed E-state index contributed by atoms with van der Waals surface area (Å²) in [5.41, 5.74) is 1.80. The number of halogens is 1. The van der Waals surface area contributed by atoms with E-state index in [0.29, 0.717) is 11.8 Å². The zero-order valence-corrected chi connectivity index (χ0v) is 21.3. The average molecular weight is 564 g/mol. The molecule has 3 aromatic rings. The summed E-state index contributed by atoms with van der Waals surface area (Å²) in [5, 5.41) is 14.1. The first kappa shape index (κ1) is 25.7. The van der Waals surface area contributed by atoms with Gasteiger partial charge in [0.05, 0.1) is 0 Å². The number of hydrogen-bond donors (Lipinski definition) is 3. The van der Waals surface area contributed by atoms with Crippen LogP contribution in [0, 0.1) is 0 Å². The largest absolute Gasteiger partial charge is 0.355 e. The quantitative estimate of drug-likeness (QED) is 0.159. The van der Waals surface area contributed by atoms with Crippen molar-refractivity contribution in [3.8, 4) is 0 Å². The zero-order valence-electron chi connectivity index (χ0n) is 18.2. The van der Waals surface area contributed by atoms with Crippen LogP contribution in [0.2, 0.25) is 0 Å². The predicted molar refractivity (Wildman–Crippen MR) is 143 cm³/mol. The molecule has 2 aromatic carbocycles. The summed E-state index contributed by atoms with van der Waals surface area (Å²) >= 11 is 1.83. The van der Waals surface area contributed by atoms with E-state index in [1.165, 1.54) is 4.90 Å². The van der Waals surface area contributed by atoms with E-state index >= 15 is 0 Å². The van der Waals surface area contributed by atoms with E-state index in [-0.39, 0.29) is 36.4 Å². The molecule has 0 fully saturated rings. The minimum Gasteiger partial charge on any atom is -0.355 e. The molecule has 0 spiro atoms. The monoisotopic (exact) mass is 564 g/mol. The maximum Gasteiger partial charge on any atom is 0.246 e. The number of aliphatic imine (C=N–C) groups is 1. The fourth-order valence-electron chi connectivity index (χ4n) is 2.92. The Hall–Kier alpha value is -2.53. The van der Waals surface area contributed by atoms with Crippen molar-refractivity contribution in [1.82, 2.24) is 20.4 Å². The zero-order chi connectivity index (χ0) is 21.9. The number of amides is 1. The number of carbonyl (C=O) groups excluding carboxylic acids is 1. The molecule has 3 N–H and O–H groups in total. The third kappa shape index (κ3) is 8.91. The van der Waals surface area contributed by atoms with Gasteiger partial charge in [0.15, 0.2) is 5.96 Å². The molecule has 0 aliphatic heterocycles. The van der Waals surface area contributed by atoms with Crippen LogP contribution in [0.15, 0.2) is 82.9 Å². The van der Waals surface area contributed by atoms with E-state index in [4.69, 9.17) is 0 Å². The minimum absolute atomic E-state index is 0. The molecule has 32 heavy (non-hydrogen) atoms. The molecule has 1 aromatic heterocycles. The Labute approximate surface area is 210 Å². The van der Waals surface area contributed by atoms with Gasteiger partial charge in [-0.2, -0.15) is 5.10 Å². The summed E-state index contributed by atoms with van der Waals surface area (Å²) in [5.74, 6) is 0.629. The highest BCUT2D eigenvalue weighted by atomic mass is 127. The molecule has 0 aliphatic rings. The molecular formula is C23H29IN6OS. The van der Waals surface area contributed by atoms with Crippen molar-refractivity contribution in [3.63, 3.8) is 0 Å². The highest BCUT2D eigenvalue weighted by molar-refractivity contribution is 14.0. The van der Waals surface area contributed by atoms with Crippen LogP contribution in [0.3, 0.4) is 0 Å². The van der Waals surface area contributed by atoms with E-state index in [2.05, 4.69) is 57.2 Å². The lowest BCUT2D eigenvalue weighted by atomic mass is 10.2. The van der Waals surface area contributed by atoms with Crippen molar-refractivity contribution in [2.45, 2.75) is 30.2 Å². The molecule has 1 atom stereocenters. The van der Waals surface area contributed by atoms with Crippen LogP contribution < -0.4 is 16.0 Å². The Kier molecular flexibility index (Phi) is 11.1. The summed E-state index contributed by atoms with van der Waals surface area (Å²) in [6, 6.07) is 19.9. The topological polar surface area (TPSA) is 83.3 Å². The fourth-order valence-corrected chi connectivity index (χ4v) is 3.87. The highest BCUT2D eigenvalue weighted by Crippen LogP contribution is 2.21. The molecule has 0 saturated heterocycles. The maximum atomic E-state index is 12.2. The van der Waals surface area contributed by atoms with Crippen LogP contribution in [0.25, 0.3) is 0 Å². The second-order valence-corrected chi connectivity index (χ2v) is 8.51. The number of nitrogens with one attached hydrogen (secondary N) is 3. The van der Waals surface area contributed by atoms with Crippen molar-refractivity contribution >= 4 is 53.3 Å². The highest BCUT2D eigenvalue weighted by Gasteiger charge is 2.07. The maximum absolute atomic E-state index is 12.2. The van der Waals surface area contributed by atoms with Crippen molar-refractivity contribution in [1.29, 1.82) is 0 Å². The Bertz CT molecular complexity index is 981. The van der Waals surface area contributed by atoms with Gasteiger partial charge in [-0.3, -0.25) is 14.5 Å². The normalized spacial score (nSPS) is 11.9. The third-order valence-corrected chi connectivity index (χ3v) is 5.51. The van der Waals surface area contributed by atoms with Gasteiger partial charge in [0.25, 0.3) is 0 Å². The molecule has 0 bridgehead atoms. The summed E-state index contributed by atoms with van der Waals surface area (Å²) in [6.45, 7) is 3.77. The number of nitrogens with zero attached hydrogens (tertiary/aromatic N) is 3. The molecular weight excluding hydrogens is 535 g/mol. The fraction of sp³-hybridized carbons (Fsp3) is 0.261. The minimum atomic E-state index is -0.115. The molecule has 1 heterocycles. The second kappa shape index (κ2) is 13.8. The molecule has 7 nitrogen and oxygen atoms in total. The summed E-state index contributed by atoms with van der Waals surface area (Å²) in [6.07, 6.45) is 3.42. The number of anilines is 1. The van der Waals surface area contributed by atoms with Gasteiger partial charge in [0.1, 0.15) is 6.54 Å². The van der Waals surface area contributed by atoms with Crippen LogP contribution in [-0.2, 0) is 17.9 Å². The lowest BCUT2D eigenvalue weighted by Crippen LogP contribution is -2.39.